The molecule has 19 heavy (non-hydrogen) atoms. The molecule has 0 saturated carbocycles. The molecule has 0 unspecified atom stereocenters. The van der Waals surface area contributed by atoms with Crippen molar-refractivity contribution in [1.29, 1.82) is 0 Å². The van der Waals surface area contributed by atoms with Crippen LogP contribution in [0.2, 0.25) is 0 Å². The standard InChI is InChI=1S/2C6H5NO2.Ir/c2*8-6(9)5-3-1-2-4-7-5;/h2*1-4H,(H,8,9);/q;;+3/p-2. The second-order valence-corrected chi connectivity index (χ2v) is 3.00. The van der Waals surface area contributed by atoms with Crippen molar-refractivity contribution in [2.75, 3.05) is 0 Å². The molecule has 0 atom stereocenters. The first-order valence-corrected chi connectivity index (χ1v) is 4.86. The Morgan fingerprint density at radius 3 is 1.32 bits per heavy atom. The molecule has 6 nitrogen and oxygen atoms in total. The molecule has 0 amide bonds. The number of nitrogens with zero attached hydrogens (tertiary/aromatic N) is 2. The van der Waals surface area contributed by atoms with Crippen molar-refractivity contribution >= 4 is 11.9 Å². The van der Waals surface area contributed by atoms with Crippen molar-refractivity contribution in [3.8, 4) is 0 Å². The molecule has 0 bridgehead atoms. The summed E-state index contributed by atoms with van der Waals surface area (Å²) in [5.41, 5.74) is -0.0602. The fourth-order valence-corrected chi connectivity index (χ4v) is 0.967. The Morgan fingerprint density at radius 2 is 1.16 bits per heavy atom. The van der Waals surface area contributed by atoms with E-state index in [9.17, 15) is 19.8 Å². The van der Waals surface area contributed by atoms with Crippen LogP contribution in [0.4, 0.5) is 0 Å². The fraction of sp³-hybridized carbons (Fsp3) is 0. The zero-order chi connectivity index (χ0) is 13.4. The number of carbonyl (C=O) groups excluding carboxylic acids is 2. The number of hydrogen-bond acceptors (Lipinski definition) is 6. The first-order chi connectivity index (χ1) is 8.61. The number of aromatic nitrogens is 2. The van der Waals surface area contributed by atoms with Crippen molar-refractivity contribution in [3.63, 3.8) is 0 Å². The molecule has 0 aliphatic carbocycles. The van der Waals surface area contributed by atoms with Gasteiger partial charge in [0, 0.05) is 12.4 Å². The maximum absolute atomic E-state index is 10.0. The van der Waals surface area contributed by atoms with Crippen molar-refractivity contribution in [2.24, 2.45) is 0 Å². The van der Waals surface area contributed by atoms with Gasteiger partial charge in [-0.05, 0) is 24.3 Å². The number of hydrogen-bond donors (Lipinski definition) is 0. The average molecular weight is 436 g/mol. The van der Waals surface area contributed by atoms with Gasteiger partial charge in [0.1, 0.15) is 0 Å². The van der Waals surface area contributed by atoms with E-state index in [1.807, 2.05) is 0 Å². The Kier molecular flexibility index (Phi) is 7.92. The number of carbonyl (C=O) groups is 2. The predicted octanol–water partition coefficient (Wildman–Crippen LogP) is -1.11. The van der Waals surface area contributed by atoms with Gasteiger partial charge in [-0.3, -0.25) is 9.97 Å². The third-order valence-corrected chi connectivity index (χ3v) is 1.75. The van der Waals surface area contributed by atoms with Crippen LogP contribution in [-0.2, 0) is 20.1 Å². The van der Waals surface area contributed by atoms with E-state index in [4.69, 9.17) is 0 Å². The quantitative estimate of drug-likeness (QED) is 0.591. The molecule has 0 saturated heterocycles. The maximum atomic E-state index is 10.0. The van der Waals surface area contributed by atoms with E-state index < -0.39 is 11.9 Å². The monoisotopic (exact) mass is 437 g/mol. The normalized spacial score (nSPS) is 8.42. The Bertz CT molecular complexity index is 470. The van der Waals surface area contributed by atoms with Crippen LogP contribution in [0.15, 0.2) is 48.8 Å². The summed E-state index contributed by atoms with van der Waals surface area (Å²) in [5.74, 6) is -2.48. The van der Waals surface area contributed by atoms with Crippen LogP contribution in [0.1, 0.15) is 21.0 Å². The number of aromatic carboxylic acids is 2. The van der Waals surface area contributed by atoms with Crippen LogP contribution in [0.25, 0.3) is 0 Å². The summed E-state index contributed by atoms with van der Waals surface area (Å²) in [6, 6.07) is 9.25. The van der Waals surface area contributed by atoms with E-state index in [0.717, 1.165) is 0 Å². The van der Waals surface area contributed by atoms with Gasteiger partial charge in [0.05, 0.1) is 23.3 Å². The maximum Gasteiger partial charge on any atom is 3.00 e. The summed E-state index contributed by atoms with van der Waals surface area (Å²) >= 11 is 0. The second kappa shape index (κ2) is 8.90. The van der Waals surface area contributed by atoms with E-state index >= 15 is 0 Å². The molecule has 98 valence electrons. The van der Waals surface area contributed by atoms with Crippen LogP contribution >= 0.6 is 0 Å². The van der Waals surface area contributed by atoms with E-state index in [1.54, 1.807) is 24.3 Å². The second-order valence-electron chi connectivity index (χ2n) is 3.00. The van der Waals surface area contributed by atoms with Gasteiger partial charge in [-0.2, -0.15) is 0 Å². The van der Waals surface area contributed by atoms with E-state index in [-0.39, 0.29) is 31.5 Å². The van der Waals surface area contributed by atoms with E-state index in [0.29, 0.717) is 0 Å². The number of pyridine rings is 2. The van der Waals surface area contributed by atoms with Crippen LogP contribution in [-0.4, -0.2) is 21.9 Å². The zero-order valence-corrected chi connectivity index (χ0v) is 11.9. The summed E-state index contributed by atoms with van der Waals surface area (Å²) in [5, 5.41) is 20.1. The molecule has 7 heteroatoms. The summed E-state index contributed by atoms with van der Waals surface area (Å²) in [6.45, 7) is 0. The molecule has 0 fully saturated rings. The van der Waals surface area contributed by atoms with Crippen LogP contribution < -0.4 is 10.2 Å². The van der Waals surface area contributed by atoms with E-state index in [1.165, 1.54) is 24.5 Å². The predicted molar refractivity (Wildman–Crippen MR) is 57.1 cm³/mol. The minimum absolute atomic E-state index is 0. The smallest absolute Gasteiger partial charge is 0.543 e. The van der Waals surface area contributed by atoms with Crippen molar-refractivity contribution in [3.05, 3.63) is 60.2 Å². The van der Waals surface area contributed by atoms with Gasteiger partial charge >= 0.3 is 20.1 Å². The molecule has 0 aromatic carbocycles. The van der Waals surface area contributed by atoms with Crippen molar-refractivity contribution in [1.82, 2.24) is 9.97 Å². The third kappa shape index (κ3) is 6.40. The van der Waals surface area contributed by atoms with Gasteiger partial charge in [-0.25, -0.2) is 0 Å². The minimum atomic E-state index is -1.24. The molecule has 0 aliphatic heterocycles. The Labute approximate surface area is 122 Å². The molecule has 2 rings (SSSR count). The van der Waals surface area contributed by atoms with Gasteiger partial charge in [0.15, 0.2) is 0 Å². The SMILES string of the molecule is O=C([O-])c1ccccn1.O=C([O-])c1ccccn1.[Ir+3]. The molecule has 0 spiro atoms. The minimum Gasteiger partial charge on any atom is -0.543 e. The van der Waals surface area contributed by atoms with Crippen molar-refractivity contribution in [2.45, 2.75) is 0 Å². The van der Waals surface area contributed by atoms with Gasteiger partial charge in [-0.15, -0.1) is 0 Å². The topological polar surface area (TPSA) is 106 Å². The molecule has 0 radical (unpaired) electrons. The van der Waals surface area contributed by atoms with Gasteiger partial charge < -0.3 is 19.8 Å². The molecular formula is C12H8IrN2O4+. The number of rotatable bonds is 2. The van der Waals surface area contributed by atoms with Crippen LogP contribution in [0.5, 0.6) is 0 Å². The third-order valence-electron chi connectivity index (χ3n) is 1.75. The number of carboxylic acids is 2. The number of carboxylic acid groups (broad SMARTS) is 2. The fourth-order valence-electron chi connectivity index (χ4n) is 0.967. The first-order valence-electron chi connectivity index (χ1n) is 4.86. The zero-order valence-electron chi connectivity index (χ0n) is 9.48. The molecule has 2 aromatic rings. The summed E-state index contributed by atoms with van der Waals surface area (Å²) in [4.78, 5) is 27.1. The van der Waals surface area contributed by atoms with E-state index in [2.05, 4.69) is 9.97 Å². The summed E-state index contributed by atoms with van der Waals surface area (Å²) < 4.78 is 0. The Balaban J connectivity index is 0.000000324. The Hall–Kier alpha value is -2.11. The molecule has 2 heterocycles. The average Bonchev–Trinajstić information content (AvgIpc) is 2.41. The first kappa shape index (κ1) is 16.9. The van der Waals surface area contributed by atoms with Gasteiger partial charge in [0.25, 0.3) is 0 Å². The van der Waals surface area contributed by atoms with Gasteiger partial charge in [0.2, 0.25) is 0 Å². The van der Waals surface area contributed by atoms with Crippen LogP contribution in [0.3, 0.4) is 0 Å². The molecule has 0 N–H and O–H groups in total. The van der Waals surface area contributed by atoms with Gasteiger partial charge in [-0.1, -0.05) is 12.1 Å². The molecule has 0 aliphatic rings. The van der Waals surface area contributed by atoms with Crippen molar-refractivity contribution < 1.29 is 39.9 Å². The Morgan fingerprint density at radius 1 is 0.789 bits per heavy atom. The van der Waals surface area contributed by atoms with Crippen LogP contribution in [0, 0.1) is 0 Å². The largest absolute Gasteiger partial charge is 3.00 e. The summed E-state index contributed by atoms with van der Waals surface area (Å²) in [7, 11) is 0. The summed E-state index contributed by atoms with van der Waals surface area (Å²) in [6.07, 6.45) is 2.82. The molecular weight excluding hydrogens is 428 g/mol. The molecule has 2 aromatic heterocycles.